The van der Waals surface area contributed by atoms with E-state index in [1.807, 2.05) is 6.92 Å². The zero-order chi connectivity index (χ0) is 16.8. The lowest BCUT2D eigenvalue weighted by molar-refractivity contribution is -0.138. The van der Waals surface area contributed by atoms with Crippen LogP contribution in [0.15, 0.2) is 24.3 Å². The van der Waals surface area contributed by atoms with E-state index >= 15 is 0 Å². The molecule has 0 saturated heterocycles. The molecule has 0 spiro atoms. The summed E-state index contributed by atoms with van der Waals surface area (Å²) in [6, 6.07) is 6.49. The fourth-order valence-corrected chi connectivity index (χ4v) is 1.72. The molecule has 0 aromatic heterocycles. The second-order valence-electron chi connectivity index (χ2n) is 5.37. The first-order valence-electron chi connectivity index (χ1n) is 7.11. The second-order valence-corrected chi connectivity index (χ2v) is 5.37. The Morgan fingerprint density at radius 3 is 2.36 bits per heavy atom. The van der Waals surface area contributed by atoms with E-state index < -0.39 is 17.3 Å². The lowest BCUT2D eigenvalue weighted by Crippen LogP contribution is -2.45. The van der Waals surface area contributed by atoms with Crippen molar-refractivity contribution in [3.8, 4) is 0 Å². The van der Waals surface area contributed by atoms with E-state index in [9.17, 15) is 14.4 Å². The maximum Gasteiger partial charge on any atom is 0.339 e. The van der Waals surface area contributed by atoms with Crippen LogP contribution in [-0.2, 0) is 14.3 Å². The highest BCUT2D eigenvalue weighted by molar-refractivity contribution is 6.11. The van der Waals surface area contributed by atoms with Crippen LogP contribution in [0, 0.1) is 5.41 Å². The summed E-state index contributed by atoms with van der Waals surface area (Å²) in [4.78, 5) is 36.1. The van der Waals surface area contributed by atoms with Gasteiger partial charge in [0.2, 0.25) is 11.8 Å². The van der Waals surface area contributed by atoms with Crippen LogP contribution in [0.25, 0.3) is 0 Å². The van der Waals surface area contributed by atoms with Crippen LogP contribution in [0.1, 0.15) is 37.6 Å². The third-order valence-electron chi connectivity index (χ3n) is 3.25. The van der Waals surface area contributed by atoms with Gasteiger partial charge in [0.1, 0.15) is 5.41 Å². The molecule has 0 bridgehead atoms. The van der Waals surface area contributed by atoms with Gasteiger partial charge in [0.15, 0.2) is 0 Å². The minimum Gasteiger partial charge on any atom is -0.465 e. The van der Waals surface area contributed by atoms with E-state index in [4.69, 9.17) is 0 Å². The molecule has 0 heterocycles. The van der Waals surface area contributed by atoms with Gasteiger partial charge in [-0.05, 0) is 32.4 Å². The van der Waals surface area contributed by atoms with Crippen LogP contribution in [0.4, 0.5) is 5.69 Å². The Labute approximate surface area is 130 Å². The van der Waals surface area contributed by atoms with Gasteiger partial charge in [-0.15, -0.1) is 0 Å². The lowest BCUT2D eigenvalue weighted by atomic mass is 9.90. The van der Waals surface area contributed by atoms with Crippen molar-refractivity contribution >= 4 is 23.5 Å². The van der Waals surface area contributed by atoms with Crippen molar-refractivity contribution in [2.75, 3.05) is 19.0 Å². The van der Waals surface area contributed by atoms with Gasteiger partial charge in [-0.3, -0.25) is 9.59 Å². The first kappa shape index (κ1) is 17.7. The van der Waals surface area contributed by atoms with E-state index in [1.165, 1.54) is 21.0 Å². The quantitative estimate of drug-likeness (QED) is 0.621. The Bertz CT molecular complexity index is 567. The molecular formula is C16H22N2O4. The van der Waals surface area contributed by atoms with Crippen molar-refractivity contribution in [1.29, 1.82) is 0 Å². The smallest absolute Gasteiger partial charge is 0.339 e. The van der Waals surface area contributed by atoms with Crippen LogP contribution in [-0.4, -0.2) is 31.4 Å². The monoisotopic (exact) mass is 306 g/mol. The average molecular weight is 306 g/mol. The maximum absolute atomic E-state index is 12.4. The van der Waals surface area contributed by atoms with Gasteiger partial charge in [-0.25, -0.2) is 4.79 Å². The van der Waals surface area contributed by atoms with Crippen molar-refractivity contribution in [3.05, 3.63) is 29.8 Å². The van der Waals surface area contributed by atoms with E-state index in [2.05, 4.69) is 15.4 Å². The SMILES string of the molecule is CCCNC(=O)C(C)(C)C(=O)Nc1ccccc1C(=O)OC. The van der Waals surface area contributed by atoms with Crippen LogP contribution in [0.2, 0.25) is 0 Å². The number of amides is 2. The van der Waals surface area contributed by atoms with Crippen LogP contribution in [0.5, 0.6) is 0 Å². The highest BCUT2D eigenvalue weighted by atomic mass is 16.5. The Hall–Kier alpha value is -2.37. The van der Waals surface area contributed by atoms with Gasteiger partial charge >= 0.3 is 5.97 Å². The fourth-order valence-electron chi connectivity index (χ4n) is 1.72. The molecule has 120 valence electrons. The molecule has 2 amide bonds. The number of esters is 1. The molecular weight excluding hydrogens is 284 g/mol. The number of carbonyl (C=O) groups excluding carboxylic acids is 3. The predicted molar refractivity (Wildman–Crippen MR) is 83.5 cm³/mol. The minimum atomic E-state index is -1.25. The minimum absolute atomic E-state index is 0.239. The average Bonchev–Trinajstić information content (AvgIpc) is 2.52. The van der Waals surface area contributed by atoms with Crippen LogP contribution >= 0.6 is 0 Å². The lowest BCUT2D eigenvalue weighted by Gasteiger charge is -2.23. The molecule has 0 atom stereocenters. The van der Waals surface area contributed by atoms with Gasteiger partial charge in [0.25, 0.3) is 0 Å². The Morgan fingerprint density at radius 1 is 1.14 bits per heavy atom. The van der Waals surface area contributed by atoms with Crippen molar-refractivity contribution < 1.29 is 19.1 Å². The standard InChI is InChI=1S/C16H22N2O4/c1-5-10-17-14(20)16(2,3)15(21)18-12-9-7-6-8-11(12)13(19)22-4/h6-9H,5,10H2,1-4H3,(H,17,20)(H,18,21). The molecule has 0 unspecified atom stereocenters. The number of carbonyl (C=O) groups is 3. The topological polar surface area (TPSA) is 84.5 Å². The molecule has 2 N–H and O–H groups in total. The normalized spacial score (nSPS) is 10.7. The van der Waals surface area contributed by atoms with Crippen molar-refractivity contribution in [2.45, 2.75) is 27.2 Å². The predicted octanol–water partition coefficient (Wildman–Crippen LogP) is 1.96. The molecule has 0 radical (unpaired) electrons. The summed E-state index contributed by atoms with van der Waals surface area (Å²) in [5.74, 6) is -1.40. The summed E-state index contributed by atoms with van der Waals surface area (Å²) in [5, 5.41) is 5.32. The van der Waals surface area contributed by atoms with E-state index in [1.54, 1.807) is 24.3 Å². The molecule has 0 aliphatic carbocycles. The number of para-hydroxylation sites is 1. The highest BCUT2D eigenvalue weighted by Crippen LogP contribution is 2.22. The Balaban J connectivity index is 2.93. The Morgan fingerprint density at radius 2 is 1.77 bits per heavy atom. The van der Waals surface area contributed by atoms with E-state index in [0.717, 1.165) is 6.42 Å². The number of ether oxygens (including phenoxy) is 1. The van der Waals surface area contributed by atoms with Crippen molar-refractivity contribution in [3.63, 3.8) is 0 Å². The molecule has 1 aromatic rings. The Kier molecular flexibility index (Phi) is 6.10. The van der Waals surface area contributed by atoms with E-state index in [0.29, 0.717) is 12.2 Å². The number of hydrogen-bond acceptors (Lipinski definition) is 4. The van der Waals surface area contributed by atoms with E-state index in [-0.39, 0.29) is 11.5 Å². The number of benzene rings is 1. The van der Waals surface area contributed by atoms with Gasteiger partial charge < -0.3 is 15.4 Å². The molecule has 0 saturated carbocycles. The number of methoxy groups -OCH3 is 1. The van der Waals surface area contributed by atoms with Gasteiger partial charge in [-0.1, -0.05) is 19.1 Å². The zero-order valence-corrected chi connectivity index (χ0v) is 13.4. The second kappa shape index (κ2) is 7.59. The van der Waals surface area contributed by atoms with Crippen LogP contribution < -0.4 is 10.6 Å². The highest BCUT2D eigenvalue weighted by Gasteiger charge is 2.36. The third kappa shape index (κ3) is 4.07. The van der Waals surface area contributed by atoms with Gasteiger partial charge in [0.05, 0.1) is 18.4 Å². The van der Waals surface area contributed by atoms with Crippen molar-refractivity contribution in [2.24, 2.45) is 5.41 Å². The molecule has 0 aliphatic heterocycles. The molecule has 22 heavy (non-hydrogen) atoms. The summed E-state index contributed by atoms with van der Waals surface area (Å²) < 4.78 is 4.68. The number of hydrogen-bond donors (Lipinski definition) is 2. The van der Waals surface area contributed by atoms with Crippen LogP contribution in [0.3, 0.4) is 0 Å². The summed E-state index contributed by atoms with van der Waals surface area (Å²) in [6.45, 7) is 5.51. The van der Waals surface area contributed by atoms with Gasteiger partial charge in [-0.2, -0.15) is 0 Å². The molecule has 0 aliphatic rings. The molecule has 1 rings (SSSR count). The molecule has 0 fully saturated rings. The summed E-state index contributed by atoms with van der Waals surface area (Å²) in [7, 11) is 1.27. The number of nitrogens with one attached hydrogen (secondary N) is 2. The molecule has 6 nitrogen and oxygen atoms in total. The first-order valence-corrected chi connectivity index (χ1v) is 7.11. The molecule has 6 heteroatoms. The summed E-state index contributed by atoms with van der Waals surface area (Å²) in [6.07, 6.45) is 0.786. The molecule has 1 aromatic carbocycles. The van der Waals surface area contributed by atoms with Gasteiger partial charge in [0, 0.05) is 6.54 Å². The van der Waals surface area contributed by atoms with Crippen molar-refractivity contribution in [1.82, 2.24) is 5.32 Å². The zero-order valence-electron chi connectivity index (χ0n) is 13.4. The fraction of sp³-hybridized carbons (Fsp3) is 0.438. The first-order chi connectivity index (χ1) is 10.3. The maximum atomic E-state index is 12.4. The number of rotatable bonds is 6. The third-order valence-corrected chi connectivity index (χ3v) is 3.25. The number of anilines is 1. The summed E-state index contributed by atoms with van der Waals surface area (Å²) >= 11 is 0. The summed E-state index contributed by atoms with van der Waals surface area (Å²) in [5.41, 5.74) is -0.697. The largest absolute Gasteiger partial charge is 0.465 e.